The smallest absolute Gasteiger partial charge is 0.0987 e. The second-order valence-electron chi connectivity index (χ2n) is 5.74. The van der Waals surface area contributed by atoms with Crippen molar-refractivity contribution >= 4 is 11.6 Å². The Morgan fingerprint density at radius 2 is 2.24 bits per heavy atom. The summed E-state index contributed by atoms with van der Waals surface area (Å²) in [5.41, 5.74) is 0.690. The molecule has 1 aliphatic rings. The van der Waals surface area contributed by atoms with Crippen LogP contribution in [0, 0.1) is 0 Å². The van der Waals surface area contributed by atoms with Gasteiger partial charge in [0.2, 0.25) is 0 Å². The molecule has 1 aromatic heterocycles. The number of piperazine rings is 1. The Morgan fingerprint density at radius 1 is 1.48 bits per heavy atom. The minimum Gasteiger partial charge on any atom is -0.387 e. The summed E-state index contributed by atoms with van der Waals surface area (Å²) in [7, 11) is 5.87. The summed E-state index contributed by atoms with van der Waals surface area (Å²) in [5.74, 6) is 0. The summed E-state index contributed by atoms with van der Waals surface area (Å²) in [6.07, 6.45) is 1.63. The first-order chi connectivity index (χ1) is 10.0. The predicted octanol–water partition coefficient (Wildman–Crippen LogP) is 0.852. The van der Waals surface area contributed by atoms with E-state index in [-0.39, 0.29) is 0 Å². The first-order valence-corrected chi connectivity index (χ1v) is 7.67. The highest BCUT2D eigenvalue weighted by atomic mass is 35.5. The van der Waals surface area contributed by atoms with Crippen LogP contribution in [0.5, 0.6) is 0 Å². The van der Waals surface area contributed by atoms with Gasteiger partial charge in [0.15, 0.2) is 0 Å². The molecule has 0 saturated carbocycles. The van der Waals surface area contributed by atoms with Gasteiger partial charge in [0.25, 0.3) is 0 Å². The lowest BCUT2D eigenvalue weighted by Gasteiger charge is -2.38. The Labute approximate surface area is 131 Å². The van der Waals surface area contributed by atoms with E-state index in [2.05, 4.69) is 29.0 Å². The second-order valence-corrected chi connectivity index (χ2v) is 6.15. The molecular weight excluding hydrogens is 292 g/mol. The third-order valence-electron chi connectivity index (χ3n) is 4.13. The van der Waals surface area contributed by atoms with E-state index >= 15 is 0 Å². The van der Waals surface area contributed by atoms with Crippen molar-refractivity contribution < 1.29 is 9.84 Å². The topological polar surface area (TPSA) is 53.8 Å². The first kappa shape index (κ1) is 16.7. The minimum absolute atomic E-state index is 0.320. The van der Waals surface area contributed by atoms with Crippen LogP contribution in [-0.4, -0.2) is 78.2 Å². The third kappa shape index (κ3) is 4.17. The van der Waals surface area contributed by atoms with Crippen molar-refractivity contribution in [1.82, 2.24) is 19.6 Å². The summed E-state index contributed by atoms with van der Waals surface area (Å²) in [4.78, 5) is 4.59. The highest BCUT2D eigenvalue weighted by Crippen LogP contribution is 2.28. The number of ether oxygens (including phenoxy) is 1. The number of nitrogens with zero attached hydrogens (tertiary/aromatic N) is 4. The van der Waals surface area contributed by atoms with E-state index in [0.717, 1.165) is 19.6 Å². The third-order valence-corrected chi connectivity index (χ3v) is 4.42. The average Bonchev–Trinajstić information content (AvgIpc) is 2.81. The maximum Gasteiger partial charge on any atom is 0.0987 e. The number of rotatable bonds is 6. The summed E-state index contributed by atoms with van der Waals surface area (Å²) < 4.78 is 6.81. The van der Waals surface area contributed by atoms with Crippen LogP contribution in [0.4, 0.5) is 0 Å². The molecule has 0 amide bonds. The van der Waals surface area contributed by atoms with Gasteiger partial charge in [-0.1, -0.05) is 11.6 Å². The Hall–Kier alpha value is -0.660. The van der Waals surface area contributed by atoms with Gasteiger partial charge in [0.05, 0.1) is 36.2 Å². The van der Waals surface area contributed by atoms with Gasteiger partial charge >= 0.3 is 0 Å². The fraction of sp³-hybridized carbons (Fsp3) is 0.786. The lowest BCUT2D eigenvalue weighted by Crippen LogP contribution is -2.50. The monoisotopic (exact) mass is 316 g/mol. The molecule has 1 N–H and O–H groups in total. The minimum atomic E-state index is -0.615. The van der Waals surface area contributed by atoms with Crippen molar-refractivity contribution in [2.24, 2.45) is 0 Å². The van der Waals surface area contributed by atoms with Crippen LogP contribution >= 0.6 is 11.6 Å². The standard InChI is InChI=1S/C14H25ClN4O2/c1-17-4-5-18(2)11(10-17)8-13(20)14-12(15)9-16-19(14)6-7-21-3/h9,11,13,20H,4-8,10H2,1-3H3. The molecular formula is C14H25ClN4O2. The van der Waals surface area contributed by atoms with E-state index in [1.165, 1.54) is 0 Å². The van der Waals surface area contributed by atoms with E-state index in [9.17, 15) is 5.11 Å². The number of halogens is 1. The lowest BCUT2D eigenvalue weighted by molar-refractivity contribution is 0.0593. The van der Waals surface area contributed by atoms with Crippen LogP contribution < -0.4 is 0 Å². The molecule has 2 atom stereocenters. The summed E-state index contributed by atoms with van der Waals surface area (Å²) in [5, 5.41) is 15.3. The molecule has 0 aliphatic carbocycles. The van der Waals surface area contributed by atoms with Gasteiger partial charge in [-0.05, 0) is 20.5 Å². The van der Waals surface area contributed by atoms with Gasteiger partial charge in [-0.2, -0.15) is 5.10 Å². The molecule has 1 aromatic rings. The van der Waals surface area contributed by atoms with E-state index < -0.39 is 6.10 Å². The Bertz CT molecular complexity index is 454. The highest BCUT2D eigenvalue weighted by molar-refractivity contribution is 6.31. The fourth-order valence-electron chi connectivity index (χ4n) is 2.78. The van der Waals surface area contributed by atoms with Crippen LogP contribution in [-0.2, 0) is 11.3 Å². The molecule has 0 aromatic carbocycles. The molecule has 7 heteroatoms. The molecule has 0 radical (unpaired) electrons. The van der Waals surface area contributed by atoms with Gasteiger partial charge in [-0.3, -0.25) is 4.68 Å². The second kappa shape index (κ2) is 7.56. The molecule has 1 saturated heterocycles. The summed E-state index contributed by atoms with van der Waals surface area (Å²) in [6, 6.07) is 0.320. The Morgan fingerprint density at radius 3 is 2.95 bits per heavy atom. The number of methoxy groups -OCH3 is 1. The Kier molecular flexibility index (Phi) is 6.01. The van der Waals surface area contributed by atoms with Crippen LogP contribution in [0.2, 0.25) is 5.02 Å². The number of likely N-dealkylation sites (N-methyl/N-ethyl adjacent to an activating group) is 2. The van der Waals surface area contributed by atoms with Crippen LogP contribution in [0.15, 0.2) is 6.20 Å². The van der Waals surface area contributed by atoms with Gasteiger partial charge in [-0.25, -0.2) is 0 Å². The fourth-order valence-corrected chi connectivity index (χ4v) is 3.05. The van der Waals surface area contributed by atoms with Crippen LogP contribution in [0.1, 0.15) is 18.2 Å². The average molecular weight is 317 g/mol. The molecule has 0 spiro atoms. The van der Waals surface area contributed by atoms with Crippen molar-refractivity contribution in [3.05, 3.63) is 16.9 Å². The number of aromatic nitrogens is 2. The van der Waals surface area contributed by atoms with Crippen molar-refractivity contribution in [3.63, 3.8) is 0 Å². The van der Waals surface area contributed by atoms with Gasteiger partial charge < -0.3 is 19.6 Å². The van der Waals surface area contributed by atoms with E-state index in [4.69, 9.17) is 16.3 Å². The molecule has 21 heavy (non-hydrogen) atoms. The van der Waals surface area contributed by atoms with Crippen molar-refractivity contribution in [2.75, 3.05) is 47.4 Å². The van der Waals surface area contributed by atoms with Crippen LogP contribution in [0.3, 0.4) is 0 Å². The zero-order valence-electron chi connectivity index (χ0n) is 13.0. The van der Waals surface area contributed by atoms with Crippen LogP contribution in [0.25, 0.3) is 0 Å². The number of aliphatic hydroxyl groups excluding tert-OH is 1. The molecule has 2 rings (SSSR count). The van der Waals surface area contributed by atoms with Gasteiger partial charge in [-0.15, -0.1) is 0 Å². The molecule has 2 heterocycles. The molecule has 120 valence electrons. The maximum absolute atomic E-state index is 10.6. The number of hydrogen-bond acceptors (Lipinski definition) is 5. The Balaban J connectivity index is 2.05. The first-order valence-electron chi connectivity index (χ1n) is 7.30. The molecule has 6 nitrogen and oxygen atoms in total. The van der Waals surface area contributed by atoms with Crippen molar-refractivity contribution in [3.8, 4) is 0 Å². The van der Waals surface area contributed by atoms with Gasteiger partial charge in [0, 0.05) is 32.8 Å². The normalized spacial score (nSPS) is 22.6. The van der Waals surface area contributed by atoms with Gasteiger partial charge in [0.1, 0.15) is 0 Å². The van der Waals surface area contributed by atoms with Crippen molar-refractivity contribution in [1.29, 1.82) is 0 Å². The van der Waals surface area contributed by atoms with E-state index in [0.29, 0.717) is 36.3 Å². The van der Waals surface area contributed by atoms with E-state index in [1.807, 2.05) is 0 Å². The van der Waals surface area contributed by atoms with E-state index in [1.54, 1.807) is 18.0 Å². The molecule has 1 aliphatic heterocycles. The molecule has 1 fully saturated rings. The predicted molar refractivity (Wildman–Crippen MR) is 82.6 cm³/mol. The van der Waals surface area contributed by atoms with Crippen molar-refractivity contribution in [2.45, 2.75) is 25.1 Å². The molecule has 2 unspecified atom stereocenters. The largest absolute Gasteiger partial charge is 0.387 e. The number of aliphatic hydroxyl groups is 1. The zero-order chi connectivity index (χ0) is 15.4. The SMILES string of the molecule is COCCn1ncc(Cl)c1C(O)CC1CN(C)CCN1C. The highest BCUT2D eigenvalue weighted by Gasteiger charge is 2.27. The zero-order valence-corrected chi connectivity index (χ0v) is 13.8. The lowest BCUT2D eigenvalue weighted by atomic mass is 10.0. The summed E-state index contributed by atoms with van der Waals surface area (Å²) >= 11 is 6.19. The summed E-state index contributed by atoms with van der Waals surface area (Å²) in [6.45, 7) is 4.18. The maximum atomic E-state index is 10.6. The molecule has 0 bridgehead atoms. The quantitative estimate of drug-likeness (QED) is 0.843. The number of hydrogen-bond donors (Lipinski definition) is 1.